The molecule has 28 heavy (non-hydrogen) atoms. The number of methoxy groups -OCH3 is 2. The molecule has 7 nitrogen and oxygen atoms in total. The second-order valence-electron chi connectivity index (χ2n) is 6.09. The molecule has 1 amide bonds. The fourth-order valence-electron chi connectivity index (χ4n) is 2.63. The van der Waals surface area contributed by atoms with Crippen LogP contribution in [0.2, 0.25) is 0 Å². The van der Waals surface area contributed by atoms with E-state index in [0.717, 1.165) is 11.1 Å². The van der Waals surface area contributed by atoms with Crippen molar-refractivity contribution in [2.75, 3.05) is 19.5 Å². The van der Waals surface area contributed by atoms with Crippen LogP contribution < -0.4 is 20.1 Å². The predicted octanol–water partition coefficient (Wildman–Crippen LogP) is 3.48. The Bertz CT molecular complexity index is 958. The summed E-state index contributed by atoms with van der Waals surface area (Å²) in [5, 5.41) is 5.98. The normalized spacial score (nSPS) is 10.2. The van der Waals surface area contributed by atoms with E-state index < -0.39 is 0 Å². The summed E-state index contributed by atoms with van der Waals surface area (Å²) in [5.74, 6) is 1.54. The highest BCUT2D eigenvalue weighted by Crippen LogP contribution is 2.30. The Labute approximate surface area is 163 Å². The van der Waals surface area contributed by atoms with Crippen LogP contribution >= 0.6 is 0 Å². The predicted molar refractivity (Wildman–Crippen MR) is 107 cm³/mol. The number of nitrogens with one attached hydrogen (secondary N) is 2. The maximum absolute atomic E-state index is 12.3. The molecule has 0 aliphatic rings. The van der Waals surface area contributed by atoms with Crippen molar-refractivity contribution in [3.63, 3.8) is 0 Å². The summed E-state index contributed by atoms with van der Waals surface area (Å²) in [6, 6.07) is 13.3. The Kier molecular flexibility index (Phi) is 6.06. The highest BCUT2D eigenvalue weighted by atomic mass is 16.5. The maximum Gasteiger partial charge on any atom is 0.271 e. The van der Waals surface area contributed by atoms with E-state index in [1.54, 1.807) is 32.4 Å². The third-order valence-corrected chi connectivity index (χ3v) is 4.25. The van der Waals surface area contributed by atoms with Crippen LogP contribution in [0.1, 0.15) is 21.6 Å². The number of carbonyl (C=O) groups is 1. The maximum atomic E-state index is 12.3. The van der Waals surface area contributed by atoms with Gasteiger partial charge in [0, 0.05) is 12.6 Å². The van der Waals surface area contributed by atoms with E-state index in [9.17, 15) is 4.79 Å². The van der Waals surface area contributed by atoms with Crippen molar-refractivity contribution in [3.8, 4) is 11.5 Å². The van der Waals surface area contributed by atoms with Crippen molar-refractivity contribution in [2.24, 2.45) is 0 Å². The highest BCUT2D eigenvalue weighted by molar-refractivity contribution is 5.92. The number of ether oxygens (including phenoxy) is 2. The topological polar surface area (TPSA) is 85.4 Å². The Morgan fingerprint density at radius 1 is 1.04 bits per heavy atom. The van der Waals surface area contributed by atoms with Crippen molar-refractivity contribution < 1.29 is 14.3 Å². The molecule has 3 rings (SSSR count). The van der Waals surface area contributed by atoms with Crippen molar-refractivity contribution in [3.05, 3.63) is 71.7 Å². The molecule has 1 heterocycles. The lowest BCUT2D eigenvalue weighted by Crippen LogP contribution is -2.24. The highest BCUT2D eigenvalue weighted by Gasteiger charge is 2.10. The Morgan fingerprint density at radius 3 is 2.54 bits per heavy atom. The van der Waals surface area contributed by atoms with E-state index in [4.69, 9.17) is 9.47 Å². The summed E-state index contributed by atoms with van der Waals surface area (Å²) in [6.45, 7) is 2.45. The van der Waals surface area contributed by atoms with Crippen LogP contribution in [-0.4, -0.2) is 30.1 Å². The van der Waals surface area contributed by atoms with Gasteiger partial charge < -0.3 is 20.1 Å². The molecule has 0 saturated carbocycles. The number of hydrogen-bond donors (Lipinski definition) is 2. The van der Waals surface area contributed by atoms with Crippen LogP contribution in [0.15, 0.2) is 54.9 Å². The summed E-state index contributed by atoms with van der Waals surface area (Å²) in [7, 11) is 3.18. The zero-order valence-electron chi connectivity index (χ0n) is 16.0. The first-order valence-corrected chi connectivity index (χ1v) is 8.74. The smallest absolute Gasteiger partial charge is 0.271 e. The van der Waals surface area contributed by atoms with Crippen molar-refractivity contribution in [1.82, 2.24) is 15.3 Å². The zero-order valence-corrected chi connectivity index (χ0v) is 16.0. The number of rotatable bonds is 7. The molecular formula is C21H22N4O3. The van der Waals surface area contributed by atoms with E-state index in [1.807, 2.05) is 31.2 Å². The molecule has 1 aromatic heterocycles. The zero-order chi connectivity index (χ0) is 19.9. The molecule has 0 spiro atoms. The Hall–Kier alpha value is -3.61. The molecule has 0 unspecified atom stereocenters. The molecule has 0 aliphatic carbocycles. The largest absolute Gasteiger partial charge is 0.497 e. The summed E-state index contributed by atoms with van der Waals surface area (Å²) in [5.41, 5.74) is 3.12. The second kappa shape index (κ2) is 8.85. The number of anilines is 2. The molecule has 0 radical (unpaired) electrons. The number of aromatic nitrogens is 2. The van der Waals surface area contributed by atoms with Crippen molar-refractivity contribution >= 4 is 17.4 Å². The molecule has 144 valence electrons. The minimum atomic E-state index is -0.277. The van der Waals surface area contributed by atoms with Crippen LogP contribution in [0.4, 0.5) is 11.5 Å². The van der Waals surface area contributed by atoms with Crippen LogP contribution in [0, 0.1) is 6.92 Å². The van der Waals surface area contributed by atoms with E-state index in [0.29, 0.717) is 29.5 Å². The summed E-state index contributed by atoms with van der Waals surface area (Å²) in [6.07, 6.45) is 2.93. The van der Waals surface area contributed by atoms with Gasteiger partial charge in [0.1, 0.15) is 23.0 Å². The fraction of sp³-hybridized carbons (Fsp3) is 0.190. The molecular weight excluding hydrogens is 356 g/mol. The SMILES string of the molecule is COc1ccc(OC)c(Nc2cnc(C(=O)NCc3ccccc3C)cn2)c1. The lowest BCUT2D eigenvalue weighted by Gasteiger charge is -2.12. The molecule has 0 fully saturated rings. The number of aryl methyl sites for hydroxylation is 1. The lowest BCUT2D eigenvalue weighted by molar-refractivity contribution is 0.0945. The van der Waals surface area contributed by atoms with E-state index in [1.165, 1.54) is 12.4 Å². The van der Waals surface area contributed by atoms with Crippen molar-refractivity contribution in [1.29, 1.82) is 0 Å². The third-order valence-electron chi connectivity index (χ3n) is 4.25. The number of benzene rings is 2. The average molecular weight is 378 g/mol. The standard InChI is InChI=1S/C21H22N4O3/c1-14-6-4-5-7-15(14)11-24-21(26)18-12-23-20(13-22-18)25-17-10-16(27-2)8-9-19(17)28-3/h4-10,12-13H,11H2,1-3H3,(H,23,25)(H,24,26). The van der Waals surface area contributed by atoms with Crippen LogP contribution in [0.3, 0.4) is 0 Å². The second-order valence-corrected chi connectivity index (χ2v) is 6.09. The third kappa shape index (κ3) is 4.56. The van der Waals surface area contributed by atoms with E-state index >= 15 is 0 Å². The number of carbonyl (C=O) groups excluding carboxylic acids is 1. The number of nitrogens with zero attached hydrogens (tertiary/aromatic N) is 2. The van der Waals surface area contributed by atoms with Gasteiger partial charge in [-0.2, -0.15) is 0 Å². The van der Waals surface area contributed by atoms with E-state index in [-0.39, 0.29) is 11.6 Å². The molecule has 0 saturated heterocycles. The summed E-state index contributed by atoms with van der Waals surface area (Å²) >= 11 is 0. The Balaban J connectivity index is 1.66. The molecule has 0 atom stereocenters. The van der Waals surface area contributed by atoms with Crippen LogP contribution in [0.25, 0.3) is 0 Å². The van der Waals surface area contributed by atoms with Gasteiger partial charge in [-0.25, -0.2) is 9.97 Å². The monoisotopic (exact) mass is 378 g/mol. The number of hydrogen-bond acceptors (Lipinski definition) is 6. The lowest BCUT2D eigenvalue weighted by atomic mass is 10.1. The van der Waals surface area contributed by atoms with Crippen LogP contribution in [-0.2, 0) is 6.54 Å². The van der Waals surface area contributed by atoms with Gasteiger partial charge >= 0.3 is 0 Å². The first-order valence-electron chi connectivity index (χ1n) is 8.74. The molecule has 0 bridgehead atoms. The van der Waals surface area contributed by atoms with Gasteiger partial charge in [-0.15, -0.1) is 0 Å². The van der Waals surface area contributed by atoms with Gasteiger partial charge in [0.25, 0.3) is 5.91 Å². The van der Waals surface area contributed by atoms with Crippen LogP contribution in [0.5, 0.6) is 11.5 Å². The number of amides is 1. The minimum Gasteiger partial charge on any atom is -0.497 e. The first-order chi connectivity index (χ1) is 13.6. The molecule has 2 aromatic carbocycles. The molecule has 2 N–H and O–H groups in total. The van der Waals surface area contributed by atoms with E-state index in [2.05, 4.69) is 20.6 Å². The quantitative estimate of drug-likeness (QED) is 0.655. The average Bonchev–Trinajstić information content (AvgIpc) is 2.73. The minimum absolute atomic E-state index is 0.247. The van der Waals surface area contributed by atoms with Gasteiger partial charge in [-0.3, -0.25) is 4.79 Å². The van der Waals surface area contributed by atoms with Gasteiger partial charge in [-0.05, 0) is 30.2 Å². The summed E-state index contributed by atoms with van der Waals surface area (Å²) < 4.78 is 10.6. The van der Waals surface area contributed by atoms with Gasteiger partial charge in [-0.1, -0.05) is 24.3 Å². The van der Waals surface area contributed by atoms with Gasteiger partial charge in [0.2, 0.25) is 0 Å². The fourth-order valence-corrected chi connectivity index (χ4v) is 2.63. The molecule has 3 aromatic rings. The Morgan fingerprint density at radius 2 is 1.86 bits per heavy atom. The molecule has 0 aliphatic heterocycles. The van der Waals surface area contributed by atoms with Crippen molar-refractivity contribution in [2.45, 2.75) is 13.5 Å². The molecule has 7 heteroatoms. The first kappa shape index (κ1) is 19.2. The van der Waals surface area contributed by atoms with Gasteiger partial charge in [0.15, 0.2) is 0 Å². The summed E-state index contributed by atoms with van der Waals surface area (Å²) in [4.78, 5) is 20.8. The van der Waals surface area contributed by atoms with Gasteiger partial charge in [0.05, 0.1) is 32.3 Å².